The second-order valence-corrected chi connectivity index (χ2v) is 6.30. The molecule has 0 bridgehead atoms. The largest absolute Gasteiger partial charge is 0.393 e. The molecule has 2 rings (SSSR count). The average molecular weight is 290 g/mol. The van der Waals surface area contributed by atoms with Crippen LogP contribution in [0.5, 0.6) is 0 Å². The topological polar surface area (TPSA) is 35.5 Å². The Labute approximate surface area is 129 Å². The molecule has 1 saturated heterocycles. The number of piperidine rings is 1. The minimum absolute atomic E-state index is 0.174. The normalized spacial score (nSPS) is 19.5. The van der Waals surface area contributed by atoms with Crippen molar-refractivity contribution in [1.29, 1.82) is 0 Å². The van der Waals surface area contributed by atoms with Crippen LogP contribution in [0.2, 0.25) is 0 Å². The molecule has 1 heterocycles. The molecule has 0 amide bonds. The molecule has 118 valence electrons. The Bertz CT molecular complexity index is 425. The lowest BCUT2D eigenvalue weighted by molar-refractivity contribution is 0.110. The fraction of sp³-hybridized carbons (Fsp3) is 0.667. The fourth-order valence-corrected chi connectivity index (χ4v) is 3.24. The summed E-state index contributed by atoms with van der Waals surface area (Å²) in [6, 6.07) is 9.12. The molecule has 2 N–H and O–H groups in total. The summed E-state index contributed by atoms with van der Waals surface area (Å²) in [7, 11) is 0. The number of hydrogen-bond acceptors (Lipinski definition) is 3. The summed E-state index contributed by atoms with van der Waals surface area (Å²) in [5.74, 6) is 0.462. The van der Waals surface area contributed by atoms with E-state index < -0.39 is 0 Å². The molecule has 0 spiro atoms. The maximum Gasteiger partial charge on any atom is 0.0541 e. The molecular weight excluding hydrogens is 260 g/mol. The summed E-state index contributed by atoms with van der Waals surface area (Å²) >= 11 is 0. The van der Waals surface area contributed by atoms with Crippen LogP contribution in [-0.4, -0.2) is 30.8 Å². The van der Waals surface area contributed by atoms with Gasteiger partial charge in [-0.2, -0.15) is 0 Å². The zero-order valence-electron chi connectivity index (χ0n) is 13.7. The summed E-state index contributed by atoms with van der Waals surface area (Å²) in [4.78, 5) is 2.48. The molecule has 21 heavy (non-hydrogen) atoms. The lowest BCUT2D eigenvalue weighted by Crippen LogP contribution is -2.38. The summed E-state index contributed by atoms with van der Waals surface area (Å²) in [6.45, 7) is 9.52. The first-order chi connectivity index (χ1) is 10.1. The van der Waals surface area contributed by atoms with Gasteiger partial charge in [0.1, 0.15) is 0 Å². The molecule has 3 nitrogen and oxygen atoms in total. The first-order valence-corrected chi connectivity index (χ1v) is 8.38. The zero-order valence-corrected chi connectivity index (χ0v) is 13.7. The van der Waals surface area contributed by atoms with Crippen molar-refractivity contribution >= 4 is 5.69 Å². The van der Waals surface area contributed by atoms with Gasteiger partial charge in [0.2, 0.25) is 0 Å². The van der Waals surface area contributed by atoms with E-state index in [1.807, 2.05) is 6.92 Å². The fourth-order valence-electron chi connectivity index (χ4n) is 3.24. The second kappa shape index (κ2) is 7.81. The smallest absolute Gasteiger partial charge is 0.0541 e. The van der Waals surface area contributed by atoms with E-state index >= 15 is 0 Å². The molecule has 0 aliphatic carbocycles. The average Bonchev–Trinajstić information content (AvgIpc) is 2.52. The predicted molar refractivity (Wildman–Crippen MR) is 89.8 cm³/mol. The van der Waals surface area contributed by atoms with E-state index in [0.717, 1.165) is 38.9 Å². The number of aliphatic hydroxyl groups is 1. The van der Waals surface area contributed by atoms with Crippen LogP contribution < -0.4 is 10.2 Å². The van der Waals surface area contributed by atoms with Crippen molar-refractivity contribution in [3.8, 4) is 0 Å². The highest BCUT2D eigenvalue weighted by atomic mass is 16.3. The third-order valence-corrected chi connectivity index (χ3v) is 4.67. The minimum Gasteiger partial charge on any atom is -0.393 e. The Hall–Kier alpha value is -1.06. The first kappa shape index (κ1) is 16.3. The predicted octanol–water partition coefficient (Wildman–Crippen LogP) is 3.34. The lowest BCUT2D eigenvalue weighted by Gasteiger charge is -2.36. The quantitative estimate of drug-likeness (QED) is 0.843. The molecule has 2 unspecified atom stereocenters. The van der Waals surface area contributed by atoms with Crippen LogP contribution in [0, 0.1) is 5.92 Å². The van der Waals surface area contributed by atoms with Crippen LogP contribution >= 0.6 is 0 Å². The van der Waals surface area contributed by atoms with Gasteiger partial charge in [0.25, 0.3) is 0 Å². The van der Waals surface area contributed by atoms with Crippen molar-refractivity contribution in [2.45, 2.75) is 52.2 Å². The Morgan fingerprint density at radius 2 is 1.90 bits per heavy atom. The maximum absolute atomic E-state index is 9.75. The van der Waals surface area contributed by atoms with E-state index in [0.29, 0.717) is 12.0 Å². The SMILES string of the molecule is CCCNC(C)c1ccccc1N1CCC(C(C)O)CC1. The molecule has 2 atom stereocenters. The van der Waals surface area contributed by atoms with Gasteiger partial charge >= 0.3 is 0 Å². The highest BCUT2D eigenvalue weighted by Crippen LogP contribution is 2.30. The number of nitrogens with one attached hydrogen (secondary N) is 1. The van der Waals surface area contributed by atoms with Crippen molar-refractivity contribution in [2.75, 3.05) is 24.5 Å². The van der Waals surface area contributed by atoms with Crippen molar-refractivity contribution in [3.63, 3.8) is 0 Å². The van der Waals surface area contributed by atoms with Gasteiger partial charge in [-0.1, -0.05) is 25.1 Å². The van der Waals surface area contributed by atoms with Crippen LogP contribution in [0.3, 0.4) is 0 Å². The molecule has 1 aliphatic rings. The van der Waals surface area contributed by atoms with Crippen molar-refractivity contribution in [2.24, 2.45) is 5.92 Å². The van der Waals surface area contributed by atoms with Crippen LogP contribution in [0.15, 0.2) is 24.3 Å². The van der Waals surface area contributed by atoms with Gasteiger partial charge in [0.05, 0.1) is 6.10 Å². The Kier molecular flexibility index (Phi) is 6.07. The molecular formula is C18H30N2O. The highest BCUT2D eigenvalue weighted by Gasteiger charge is 2.24. The van der Waals surface area contributed by atoms with E-state index in [1.165, 1.54) is 11.3 Å². The van der Waals surface area contributed by atoms with E-state index in [2.05, 4.69) is 48.3 Å². The van der Waals surface area contributed by atoms with Crippen LogP contribution in [0.1, 0.15) is 51.6 Å². The van der Waals surface area contributed by atoms with Crippen molar-refractivity contribution in [1.82, 2.24) is 5.32 Å². The molecule has 1 aromatic rings. The molecule has 1 aromatic carbocycles. The van der Waals surface area contributed by atoms with Gasteiger partial charge in [-0.15, -0.1) is 0 Å². The third kappa shape index (κ3) is 4.21. The highest BCUT2D eigenvalue weighted by molar-refractivity contribution is 5.55. The molecule has 0 aromatic heterocycles. The van der Waals surface area contributed by atoms with Gasteiger partial charge in [0.15, 0.2) is 0 Å². The molecule has 0 radical (unpaired) electrons. The number of aliphatic hydroxyl groups excluding tert-OH is 1. The van der Waals surface area contributed by atoms with E-state index in [1.54, 1.807) is 0 Å². The number of para-hydroxylation sites is 1. The van der Waals surface area contributed by atoms with Crippen molar-refractivity contribution in [3.05, 3.63) is 29.8 Å². The van der Waals surface area contributed by atoms with E-state index in [-0.39, 0.29) is 6.10 Å². The lowest BCUT2D eigenvalue weighted by atomic mass is 9.91. The zero-order chi connectivity index (χ0) is 15.2. The minimum atomic E-state index is -0.174. The molecule has 0 saturated carbocycles. The number of anilines is 1. The summed E-state index contributed by atoms with van der Waals surface area (Å²) < 4.78 is 0. The van der Waals surface area contributed by atoms with E-state index in [4.69, 9.17) is 0 Å². The van der Waals surface area contributed by atoms with Gasteiger partial charge in [-0.05, 0) is 57.2 Å². The standard InChI is InChI=1S/C18H30N2O/c1-4-11-19-14(2)17-7-5-6-8-18(17)20-12-9-16(10-13-20)15(3)21/h5-8,14-16,19,21H,4,9-13H2,1-3H3. The monoisotopic (exact) mass is 290 g/mol. The molecule has 1 aliphatic heterocycles. The van der Waals surface area contributed by atoms with Gasteiger partial charge in [0, 0.05) is 24.8 Å². The van der Waals surface area contributed by atoms with Crippen LogP contribution in [0.25, 0.3) is 0 Å². The summed E-state index contributed by atoms with van der Waals surface area (Å²) in [6.07, 6.45) is 3.16. The summed E-state index contributed by atoms with van der Waals surface area (Å²) in [5, 5.41) is 13.3. The van der Waals surface area contributed by atoms with Gasteiger partial charge < -0.3 is 15.3 Å². The third-order valence-electron chi connectivity index (χ3n) is 4.67. The summed E-state index contributed by atoms with van der Waals surface area (Å²) in [5.41, 5.74) is 2.75. The number of nitrogens with zero attached hydrogens (tertiary/aromatic N) is 1. The number of hydrogen-bond donors (Lipinski definition) is 2. The van der Waals surface area contributed by atoms with Gasteiger partial charge in [-0.3, -0.25) is 0 Å². The maximum atomic E-state index is 9.75. The van der Waals surface area contributed by atoms with Gasteiger partial charge in [-0.25, -0.2) is 0 Å². The number of benzene rings is 1. The van der Waals surface area contributed by atoms with E-state index in [9.17, 15) is 5.11 Å². The number of rotatable bonds is 6. The van der Waals surface area contributed by atoms with Crippen LogP contribution in [0.4, 0.5) is 5.69 Å². The second-order valence-electron chi connectivity index (χ2n) is 6.30. The molecule has 1 fully saturated rings. The van der Waals surface area contributed by atoms with Crippen molar-refractivity contribution < 1.29 is 5.11 Å². The Balaban J connectivity index is 2.06. The Morgan fingerprint density at radius 1 is 1.24 bits per heavy atom. The molecule has 3 heteroatoms. The van der Waals surface area contributed by atoms with Crippen LogP contribution in [-0.2, 0) is 0 Å². The first-order valence-electron chi connectivity index (χ1n) is 8.38. The Morgan fingerprint density at radius 3 is 2.52 bits per heavy atom.